The van der Waals surface area contributed by atoms with E-state index < -0.39 is 28.1 Å². The van der Waals surface area contributed by atoms with Crippen molar-refractivity contribution >= 4 is 63.8 Å². The lowest BCUT2D eigenvalue weighted by Crippen LogP contribution is -2.37. The van der Waals surface area contributed by atoms with E-state index in [4.69, 9.17) is 4.74 Å². The zero-order chi connectivity index (χ0) is 19.8. The van der Waals surface area contributed by atoms with Crippen LogP contribution in [0.25, 0.3) is 0 Å². The van der Waals surface area contributed by atoms with Crippen molar-refractivity contribution in [2.45, 2.75) is 24.0 Å². The average Bonchev–Trinajstić information content (AvgIpc) is 2.88. The van der Waals surface area contributed by atoms with E-state index >= 15 is 0 Å². The number of carbonyl (C=O) groups is 1. The summed E-state index contributed by atoms with van der Waals surface area (Å²) < 4.78 is 35.4. The fraction of sp³-hybridized carbons (Fsp3) is 0.167. The van der Waals surface area contributed by atoms with Gasteiger partial charge in [0, 0.05) is 4.47 Å². The van der Waals surface area contributed by atoms with Crippen LogP contribution in [0.15, 0.2) is 66.9 Å². The van der Waals surface area contributed by atoms with E-state index in [1.807, 2.05) is 6.92 Å². The number of rotatable bonds is 5. The molecule has 27 heavy (non-hydrogen) atoms. The van der Waals surface area contributed by atoms with Crippen molar-refractivity contribution in [1.82, 2.24) is 4.72 Å². The highest BCUT2D eigenvalue weighted by Gasteiger charge is 2.40. The Balaban J connectivity index is 2.01. The van der Waals surface area contributed by atoms with Gasteiger partial charge in [-0.1, -0.05) is 45.8 Å². The second kappa shape index (κ2) is 8.16. The average molecular weight is 580 g/mol. The predicted molar refractivity (Wildman–Crippen MR) is 113 cm³/mol. The molecular formula is C18H14Br3NO4S. The number of esters is 1. The molecule has 0 bridgehead atoms. The van der Waals surface area contributed by atoms with Crippen LogP contribution in [0.3, 0.4) is 0 Å². The first-order valence-corrected chi connectivity index (χ1v) is 11.7. The number of halogens is 3. The highest BCUT2D eigenvalue weighted by molar-refractivity contribution is 9.14. The topological polar surface area (TPSA) is 72.5 Å². The molecule has 0 amide bonds. The molecule has 2 atom stereocenters. The fourth-order valence-corrected chi connectivity index (χ4v) is 4.91. The maximum Gasteiger partial charge on any atom is 0.346 e. The predicted octanol–water partition coefficient (Wildman–Crippen LogP) is 4.70. The Morgan fingerprint density at radius 3 is 2.11 bits per heavy atom. The lowest BCUT2D eigenvalue weighted by atomic mass is 10.0. The Morgan fingerprint density at radius 2 is 1.59 bits per heavy atom. The number of hydrogen-bond donors (Lipinski definition) is 1. The van der Waals surface area contributed by atoms with Crippen LogP contribution in [0.1, 0.15) is 17.2 Å². The second-order valence-corrected chi connectivity index (χ2v) is 10.2. The van der Waals surface area contributed by atoms with Gasteiger partial charge in [-0.25, -0.2) is 13.2 Å². The summed E-state index contributed by atoms with van der Waals surface area (Å²) in [7, 11) is -3.84. The van der Waals surface area contributed by atoms with Crippen LogP contribution in [0.5, 0.6) is 0 Å². The molecule has 1 aliphatic heterocycles. The zero-order valence-corrected chi connectivity index (χ0v) is 19.5. The molecule has 0 radical (unpaired) electrons. The van der Waals surface area contributed by atoms with Gasteiger partial charge in [0.1, 0.15) is 4.48 Å². The number of cyclic esters (lactones) is 1. The van der Waals surface area contributed by atoms with Gasteiger partial charge in [-0.15, -0.1) is 0 Å². The summed E-state index contributed by atoms with van der Waals surface area (Å²) in [6.07, 6.45) is -0.826. The van der Waals surface area contributed by atoms with Gasteiger partial charge in [0.15, 0.2) is 6.10 Å². The minimum atomic E-state index is -3.84. The van der Waals surface area contributed by atoms with Crippen molar-refractivity contribution < 1.29 is 17.9 Å². The van der Waals surface area contributed by atoms with Crippen LogP contribution in [-0.4, -0.2) is 20.5 Å². The highest BCUT2D eigenvalue weighted by Crippen LogP contribution is 2.38. The van der Waals surface area contributed by atoms with Crippen LogP contribution >= 0.6 is 47.8 Å². The van der Waals surface area contributed by atoms with Crippen molar-refractivity contribution in [3.05, 3.63) is 73.1 Å². The third-order valence-electron chi connectivity index (χ3n) is 4.02. The lowest BCUT2D eigenvalue weighted by molar-refractivity contribution is -0.139. The third kappa shape index (κ3) is 4.54. The molecule has 0 aromatic heterocycles. The van der Waals surface area contributed by atoms with Crippen LogP contribution in [0, 0.1) is 6.92 Å². The molecule has 2 aromatic carbocycles. The quantitative estimate of drug-likeness (QED) is 0.521. The van der Waals surface area contributed by atoms with E-state index in [2.05, 4.69) is 52.5 Å². The van der Waals surface area contributed by atoms with Gasteiger partial charge in [0.2, 0.25) is 10.0 Å². The van der Waals surface area contributed by atoms with Gasteiger partial charge >= 0.3 is 5.97 Å². The molecule has 9 heteroatoms. The Kier molecular flexibility index (Phi) is 6.27. The summed E-state index contributed by atoms with van der Waals surface area (Å²) in [5.74, 6) is -0.552. The summed E-state index contributed by atoms with van der Waals surface area (Å²) in [5.41, 5.74) is 1.61. The van der Waals surface area contributed by atoms with Crippen LogP contribution in [0.2, 0.25) is 0 Å². The number of nitrogens with one attached hydrogen (secondary N) is 1. The summed E-state index contributed by atoms with van der Waals surface area (Å²) in [6.45, 7) is 1.88. The van der Waals surface area contributed by atoms with Crippen LogP contribution in [0.4, 0.5) is 0 Å². The summed E-state index contributed by atoms with van der Waals surface area (Å²) >= 11 is 9.87. The van der Waals surface area contributed by atoms with Crippen LogP contribution < -0.4 is 4.72 Å². The van der Waals surface area contributed by atoms with Gasteiger partial charge in [-0.05, 0) is 68.6 Å². The molecule has 0 saturated carbocycles. The fourth-order valence-electron chi connectivity index (χ4n) is 2.58. The largest absolute Gasteiger partial charge is 0.451 e. The minimum absolute atomic E-state index is 0.138. The van der Waals surface area contributed by atoms with Crippen LogP contribution in [-0.2, 0) is 19.6 Å². The van der Waals surface area contributed by atoms with E-state index in [0.717, 1.165) is 10.0 Å². The summed E-state index contributed by atoms with van der Waals surface area (Å²) in [5, 5.41) is 0. The molecule has 0 aliphatic carbocycles. The Labute approximate surface area is 182 Å². The van der Waals surface area contributed by atoms with E-state index in [1.54, 1.807) is 36.4 Å². The van der Waals surface area contributed by atoms with Crippen molar-refractivity contribution in [2.75, 3.05) is 0 Å². The van der Waals surface area contributed by atoms with Gasteiger partial charge < -0.3 is 4.74 Å². The molecule has 5 nitrogen and oxygen atoms in total. The molecule has 1 aliphatic rings. The first kappa shape index (κ1) is 20.7. The molecule has 0 unspecified atom stereocenters. The number of carbonyl (C=O) groups excluding carboxylic acids is 1. The monoisotopic (exact) mass is 577 g/mol. The van der Waals surface area contributed by atoms with Gasteiger partial charge in [-0.2, -0.15) is 4.72 Å². The Bertz CT molecular complexity index is 1000. The van der Waals surface area contributed by atoms with Crippen molar-refractivity contribution in [3.8, 4) is 0 Å². The zero-order valence-electron chi connectivity index (χ0n) is 13.9. The van der Waals surface area contributed by atoms with Gasteiger partial charge in [0.05, 0.1) is 15.4 Å². The molecular weight excluding hydrogens is 566 g/mol. The number of sulfonamides is 1. The summed E-state index contributed by atoms with van der Waals surface area (Å²) in [6, 6.07) is 12.9. The minimum Gasteiger partial charge on any atom is -0.451 e. The molecule has 0 saturated heterocycles. The smallest absolute Gasteiger partial charge is 0.346 e. The molecule has 142 valence electrons. The first-order valence-electron chi connectivity index (χ1n) is 7.79. The SMILES string of the molecule is Cc1ccc(S(=O)(=O)N[C@H](c2ccc(Br)cc2)[C@@H]2OC(=O)C(Br)=C2Br)cc1. The Hall–Kier alpha value is -1.000. The van der Waals surface area contributed by atoms with Crippen molar-refractivity contribution in [2.24, 2.45) is 0 Å². The van der Waals surface area contributed by atoms with E-state index in [0.29, 0.717) is 10.0 Å². The molecule has 1 N–H and O–H groups in total. The molecule has 1 heterocycles. The molecule has 0 spiro atoms. The number of aryl methyl sites for hydroxylation is 1. The van der Waals surface area contributed by atoms with E-state index in [9.17, 15) is 13.2 Å². The Morgan fingerprint density at radius 1 is 1.00 bits per heavy atom. The third-order valence-corrected chi connectivity index (χ3v) is 8.13. The summed E-state index contributed by atoms with van der Waals surface area (Å²) in [4.78, 5) is 12.1. The van der Waals surface area contributed by atoms with Gasteiger partial charge in [-0.3, -0.25) is 0 Å². The van der Waals surface area contributed by atoms with Gasteiger partial charge in [0.25, 0.3) is 0 Å². The molecule has 0 fully saturated rings. The van der Waals surface area contributed by atoms with Crippen molar-refractivity contribution in [1.29, 1.82) is 0 Å². The number of benzene rings is 2. The standard InChI is InChI=1S/C18H14Br3NO4S/c1-10-2-8-13(9-3-10)27(24,25)22-16(11-4-6-12(19)7-5-11)17-14(20)15(21)18(23)26-17/h2-9,16-17,22H,1H3/t16-,17-/m1/s1. The number of ether oxygens (including phenoxy) is 1. The molecule has 2 aromatic rings. The maximum absolute atomic E-state index is 12.9. The lowest BCUT2D eigenvalue weighted by Gasteiger charge is -2.25. The first-order chi connectivity index (χ1) is 12.7. The van der Waals surface area contributed by atoms with Crippen molar-refractivity contribution in [3.63, 3.8) is 0 Å². The molecule has 3 rings (SSSR count). The second-order valence-electron chi connectivity index (χ2n) is 5.95. The highest BCUT2D eigenvalue weighted by atomic mass is 79.9. The maximum atomic E-state index is 12.9. The number of hydrogen-bond acceptors (Lipinski definition) is 4. The normalized spacial score (nSPS) is 18.5. The van der Waals surface area contributed by atoms with E-state index in [1.165, 1.54) is 12.1 Å². The van der Waals surface area contributed by atoms with E-state index in [-0.39, 0.29) is 9.38 Å².